The zero-order valence-electron chi connectivity index (χ0n) is 14.8. The van der Waals surface area contributed by atoms with Crippen molar-refractivity contribution >= 4 is 11.6 Å². The van der Waals surface area contributed by atoms with Gasteiger partial charge in [-0.3, -0.25) is 9.69 Å². The lowest BCUT2D eigenvalue weighted by Crippen LogP contribution is -2.32. The van der Waals surface area contributed by atoms with E-state index in [1.54, 1.807) is 12.1 Å². The third kappa shape index (κ3) is 5.07. The average Bonchev–Trinajstić information content (AvgIpc) is 3.10. The predicted octanol–water partition coefficient (Wildman–Crippen LogP) is 3.48. The number of nitrogens with zero attached hydrogens (tertiary/aromatic N) is 1. The van der Waals surface area contributed by atoms with Crippen LogP contribution in [0.1, 0.15) is 12.5 Å². The number of rotatable bonds is 8. The number of likely N-dealkylation sites (N-methyl/N-ethyl adjacent to an activating group) is 1. The van der Waals surface area contributed by atoms with E-state index in [1.807, 2.05) is 30.0 Å². The molecule has 1 aliphatic heterocycles. The third-order valence-electron chi connectivity index (χ3n) is 4.03. The van der Waals surface area contributed by atoms with Gasteiger partial charge in [0, 0.05) is 6.54 Å². The fraction of sp³-hybridized carbons (Fsp3) is 0.316. The number of hydrogen-bond acceptors (Lipinski definition) is 5. The third-order valence-corrected chi connectivity index (χ3v) is 4.03. The van der Waals surface area contributed by atoms with Crippen LogP contribution in [-0.4, -0.2) is 37.3 Å². The molecule has 0 radical (unpaired) electrons. The molecule has 2 aromatic rings. The maximum atomic E-state index is 12.5. The number of amides is 1. The number of anilines is 1. The van der Waals surface area contributed by atoms with E-state index in [0.717, 1.165) is 5.56 Å². The molecule has 0 atom stereocenters. The van der Waals surface area contributed by atoms with Gasteiger partial charge in [-0.15, -0.1) is 0 Å². The molecule has 0 fully saturated rings. The second kappa shape index (κ2) is 8.68. The highest BCUT2D eigenvalue weighted by Crippen LogP contribution is 2.32. The SMILES string of the molecule is CCN(CC(=O)Nc1ccccc1OC(F)F)Cc1ccc2c(c1)OCO2. The zero-order valence-corrected chi connectivity index (χ0v) is 14.8. The minimum absolute atomic E-state index is 0.0698. The van der Waals surface area contributed by atoms with Crippen LogP contribution >= 0.6 is 0 Å². The van der Waals surface area contributed by atoms with Gasteiger partial charge in [0.2, 0.25) is 12.7 Å². The van der Waals surface area contributed by atoms with Crippen molar-refractivity contribution in [2.24, 2.45) is 0 Å². The molecule has 1 N–H and O–H groups in total. The lowest BCUT2D eigenvalue weighted by atomic mass is 10.2. The summed E-state index contributed by atoms with van der Waals surface area (Å²) < 4.78 is 40.0. The normalized spacial score (nSPS) is 12.5. The molecule has 27 heavy (non-hydrogen) atoms. The molecule has 1 heterocycles. The van der Waals surface area contributed by atoms with Crippen molar-refractivity contribution in [2.45, 2.75) is 20.1 Å². The zero-order chi connectivity index (χ0) is 19.2. The van der Waals surface area contributed by atoms with Gasteiger partial charge in [-0.2, -0.15) is 8.78 Å². The Balaban J connectivity index is 1.60. The van der Waals surface area contributed by atoms with Crippen LogP contribution in [-0.2, 0) is 11.3 Å². The molecule has 0 aliphatic carbocycles. The van der Waals surface area contributed by atoms with Crippen LogP contribution in [0.3, 0.4) is 0 Å². The molecule has 3 rings (SSSR count). The first-order valence-corrected chi connectivity index (χ1v) is 8.49. The van der Waals surface area contributed by atoms with Crippen molar-refractivity contribution in [1.82, 2.24) is 4.90 Å². The standard InChI is InChI=1S/C19H20F2N2O4/c1-2-23(10-13-7-8-16-17(9-13)26-12-25-16)11-18(24)22-14-5-3-4-6-15(14)27-19(20)21/h3-9,19H,2,10-12H2,1H3,(H,22,24). The summed E-state index contributed by atoms with van der Waals surface area (Å²) in [4.78, 5) is 14.3. The Hall–Kier alpha value is -2.87. The van der Waals surface area contributed by atoms with E-state index < -0.39 is 6.61 Å². The van der Waals surface area contributed by atoms with Crippen LogP contribution in [0.4, 0.5) is 14.5 Å². The molecule has 0 aromatic heterocycles. The van der Waals surface area contributed by atoms with Gasteiger partial charge in [-0.25, -0.2) is 0 Å². The van der Waals surface area contributed by atoms with Crippen molar-refractivity contribution in [3.05, 3.63) is 48.0 Å². The molecule has 0 saturated heterocycles. The average molecular weight is 378 g/mol. The Morgan fingerprint density at radius 1 is 1.22 bits per heavy atom. The van der Waals surface area contributed by atoms with Gasteiger partial charge in [0.05, 0.1) is 12.2 Å². The molecule has 8 heteroatoms. The van der Waals surface area contributed by atoms with E-state index in [4.69, 9.17) is 9.47 Å². The van der Waals surface area contributed by atoms with E-state index in [0.29, 0.717) is 24.6 Å². The summed E-state index contributed by atoms with van der Waals surface area (Å²) in [5.74, 6) is 1.00. The minimum atomic E-state index is -2.96. The van der Waals surface area contributed by atoms with E-state index in [-0.39, 0.29) is 30.7 Å². The second-order valence-corrected chi connectivity index (χ2v) is 5.91. The number of carbonyl (C=O) groups is 1. The van der Waals surface area contributed by atoms with Gasteiger partial charge in [0.25, 0.3) is 0 Å². The minimum Gasteiger partial charge on any atom is -0.454 e. The van der Waals surface area contributed by atoms with E-state index in [2.05, 4.69) is 10.1 Å². The van der Waals surface area contributed by atoms with Crippen LogP contribution in [0.5, 0.6) is 17.2 Å². The van der Waals surface area contributed by atoms with Gasteiger partial charge in [0.1, 0.15) is 5.75 Å². The molecular weight excluding hydrogens is 358 g/mol. The van der Waals surface area contributed by atoms with E-state index >= 15 is 0 Å². The fourth-order valence-electron chi connectivity index (χ4n) is 2.74. The smallest absolute Gasteiger partial charge is 0.387 e. The Morgan fingerprint density at radius 2 is 2.00 bits per heavy atom. The lowest BCUT2D eigenvalue weighted by Gasteiger charge is -2.20. The van der Waals surface area contributed by atoms with Gasteiger partial charge < -0.3 is 19.5 Å². The molecular formula is C19H20F2N2O4. The number of carbonyl (C=O) groups excluding carboxylic acids is 1. The van der Waals surface area contributed by atoms with E-state index in [9.17, 15) is 13.6 Å². The quantitative estimate of drug-likeness (QED) is 0.762. The van der Waals surface area contributed by atoms with Crippen LogP contribution < -0.4 is 19.5 Å². The Labute approximate surface area is 155 Å². The van der Waals surface area contributed by atoms with Crippen molar-refractivity contribution < 1.29 is 27.8 Å². The molecule has 2 aromatic carbocycles. The summed E-state index contributed by atoms with van der Waals surface area (Å²) >= 11 is 0. The van der Waals surface area contributed by atoms with Crippen molar-refractivity contribution in [3.63, 3.8) is 0 Å². The van der Waals surface area contributed by atoms with Gasteiger partial charge in [-0.1, -0.05) is 25.1 Å². The first kappa shape index (κ1) is 18.9. The highest BCUT2D eigenvalue weighted by Gasteiger charge is 2.17. The van der Waals surface area contributed by atoms with Gasteiger partial charge >= 0.3 is 6.61 Å². The first-order valence-electron chi connectivity index (χ1n) is 8.49. The summed E-state index contributed by atoms with van der Waals surface area (Å²) in [5, 5.41) is 2.62. The summed E-state index contributed by atoms with van der Waals surface area (Å²) in [6.45, 7) is 0.467. The summed E-state index contributed by atoms with van der Waals surface area (Å²) in [5.41, 5.74) is 1.19. The lowest BCUT2D eigenvalue weighted by molar-refractivity contribution is -0.117. The number of ether oxygens (including phenoxy) is 3. The maximum absolute atomic E-state index is 12.5. The number of halogens is 2. The molecule has 0 unspecified atom stereocenters. The van der Waals surface area contributed by atoms with Crippen LogP contribution in [0, 0.1) is 0 Å². The molecule has 0 bridgehead atoms. The van der Waals surface area contributed by atoms with Crippen molar-refractivity contribution in [2.75, 3.05) is 25.2 Å². The molecule has 0 spiro atoms. The highest BCUT2D eigenvalue weighted by atomic mass is 19.3. The van der Waals surface area contributed by atoms with Gasteiger partial charge in [-0.05, 0) is 36.4 Å². The largest absolute Gasteiger partial charge is 0.454 e. The van der Waals surface area contributed by atoms with Crippen molar-refractivity contribution in [1.29, 1.82) is 0 Å². The Kier molecular flexibility index (Phi) is 6.08. The number of nitrogens with one attached hydrogen (secondary N) is 1. The summed E-state index contributed by atoms with van der Waals surface area (Å²) in [6, 6.07) is 11.7. The second-order valence-electron chi connectivity index (χ2n) is 5.91. The summed E-state index contributed by atoms with van der Waals surface area (Å²) in [7, 11) is 0. The number of para-hydroxylation sites is 2. The fourth-order valence-corrected chi connectivity index (χ4v) is 2.74. The van der Waals surface area contributed by atoms with Gasteiger partial charge in [0.15, 0.2) is 11.5 Å². The van der Waals surface area contributed by atoms with E-state index in [1.165, 1.54) is 12.1 Å². The summed E-state index contributed by atoms with van der Waals surface area (Å²) in [6.07, 6.45) is 0. The molecule has 144 valence electrons. The molecule has 0 saturated carbocycles. The van der Waals surface area contributed by atoms with Crippen LogP contribution in [0.25, 0.3) is 0 Å². The Morgan fingerprint density at radius 3 is 2.78 bits per heavy atom. The number of fused-ring (bicyclic) bond motifs is 1. The predicted molar refractivity (Wildman–Crippen MR) is 95.2 cm³/mol. The maximum Gasteiger partial charge on any atom is 0.387 e. The monoisotopic (exact) mass is 378 g/mol. The highest BCUT2D eigenvalue weighted by molar-refractivity contribution is 5.93. The molecule has 6 nitrogen and oxygen atoms in total. The number of hydrogen-bond donors (Lipinski definition) is 1. The topological polar surface area (TPSA) is 60.0 Å². The first-order chi connectivity index (χ1) is 13.0. The van der Waals surface area contributed by atoms with Crippen molar-refractivity contribution in [3.8, 4) is 17.2 Å². The molecule has 1 amide bonds. The molecule has 1 aliphatic rings. The number of alkyl halides is 2. The number of benzene rings is 2. The van der Waals surface area contributed by atoms with Crippen LogP contribution in [0.2, 0.25) is 0 Å². The Bertz CT molecular complexity index is 801. The van der Waals surface area contributed by atoms with Crippen LogP contribution in [0.15, 0.2) is 42.5 Å².